The van der Waals surface area contributed by atoms with Gasteiger partial charge in [0.2, 0.25) is 0 Å². The fourth-order valence-corrected chi connectivity index (χ4v) is 1.47. The molecule has 0 amide bonds. The number of nitrogens with two attached hydrogens (primary N) is 1. The van der Waals surface area contributed by atoms with E-state index in [0.717, 1.165) is 19.3 Å². The molecule has 0 aromatic rings. The molecule has 15 heavy (non-hydrogen) atoms. The van der Waals surface area contributed by atoms with E-state index in [1.807, 2.05) is 6.92 Å². The number of aliphatic carboxylic acids is 1. The number of unbranched alkanes of at least 4 members (excludes halogenated alkanes) is 2. The highest BCUT2D eigenvalue weighted by atomic mass is 16.4. The van der Waals surface area contributed by atoms with Gasteiger partial charge in [-0.15, -0.1) is 0 Å². The lowest BCUT2D eigenvalue weighted by molar-refractivity contribution is -0.146. The quantitative estimate of drug-likeness (QED) is 0.452. The zero-order valence-corrected chi connectivity index (χ0v) is 9.37. The predicted octanol–water partition coefficient (Wildman–Crippen LogP) is 1.58. The van der Waals surface area contributed by atoms with Crippen LogP contribution in [0.4, 0.5) is 0 Å². The lowest BCUT2D eigenvalue weighted by atomic mass is 9.94. The van der Waals surface area contributed by atoms with Crippen molar-refractivity contribution in [1.29, 1.82) is 0 Å². The Morgan fingerprint density at radius 1 is 1.27 bits per heavy atom. The van der Waals surface area contributed by atoms with E-state index in [4.69, 9.17) is 10.8 Å². The van der Waals surface area contributed by atoms with Crippen LogP contribution in [0.1, 0.15) is 45.4 Å². The van der Waals surface area contributed by atoms with Crippen molar-refractivity contribution >= 4 is 11.8 Å². The molecule has 0 radical (unpaired) electrons. The first-order valence-corrected chi connectivity index (χ1v) is 5.59. The molecule has 3 N–H and O–H groups in total. The van der Waals surface area contributed by atoms with E-state index in [9.17, 15) is 9.59 Å². The summed E-state index contributed by atoms with van der Waals surface area (Å²) in [5.74, 6) is -2.00. The van der Waals surface area contributed by atoms with Crippen molar-refractivity contribution in [3.05, 3.63) is 0 Å². The fraction of sp³-hybridized carbons (Fsp3) is 0.818. The summed E-state index contributed by atoms with van der Waals surface area (Å²) < 4.78 is 0. The molecule has 1 unspecified atom stereocenters. The average molecular weight is 215 g/mol. The van der Waals surface area contributed by atoms with Crippen molar-refractivity contribution < 1.29 is 14.7 Å². The Hall–Kier alpha value is -0.900. The zero-order valence-electron chi connectivity index (χ0n) is 9.37. The summed E-state index contributed by atoms with van der Waals surface area (Å²) in [5, 5.41) is 8.87. The number of rotatable bonds is 9. The first kappa shape index (κ1) is 14.1. The number of Topliss-reactive ketones (excluding diaryl/α,β-unsaturated/α-hetero) is 1. The van der Waals surface area contributed by atoms with Crippen LogP contribution in [0, 0.1) is 5.92 Å². The largest absolute Gasteiger partial charge is 0.481 e. The van der Waals surface area contributed by atoms with Crippen LogP contribution in [0.5, 0.6) is 0 Å². The first-order chi connectivity index (χ1) is 7.13. The van der Waals surface area contributed by atoms with E-state index in [2.05, 4.69) is 0 Å². The van der Waals surface area contributed by atoms with Crippen molar-refractivity contribution in [3.8, 4) is 0 Å². The summed E-state index contributed by atoms with van der Waals surface area (Å²) >= 11 is 0. The highest BCUT2D eigenvalue weighted by molar-refractivity contribution is 5.98. The minimum absolute atomic E-state index is 0.149. The Bertz CT molecular complexity index is 204. The third kappa shape index (κ3) is 6.23. The van der Waals surface area contributed by atoms with Crippen LogP contribution in [0.15, 0.2) is 0 Å². The highest BCUT2D eigenvalue weighted by Gasteiger charge is 2.24. The number of hydrogen-bond donors (Lipinski definition) is 2. The second kappa shape index (κ2) is 8.41. The molecule has 0 heterocycles. The van der Waals surface area contributed by atoms with Crippen molar-refractivity contribution in [3.63, 3.8) is 0 Å². The molecule has 0 aliphatic heterocycles. The van der Waals surface area contributed by atoms with Crippen molar-refractivity contribution in [1.82, 2.24) is 0 Å². The maximum atomic E-state index is 11.5. The standard InChI is InChI=1S/C11H21NO3/c1-2-3-4-7-10(13)9(11(14)15)6-5-8-12/h9H,2-8,12H2,1H3,(H,14,15). The molecular weight excluding hydrogens is 194 g/mol. The molecule has 0 aliphatic rings. The average Bonchev–Trinajstić information content (AvgIpc) is 2.18. The predicted molar refractivity (Wildman–Crippen MR) is 58.6 cm³/mol. The van der Waals surface area contributed by atoms with Crippen LogP contribution in [-0.4, -0.2) is 23.4 Å². The van der Waals surface area contributed by atoms with E-state index in [1.54, 1.807) is 0 Å². The number of carboxylic acids is 1. The van der Waals surface area contributed by atoms with Crippen LogP contribution in [0.3, 0.4) is 0 Å². The SMILES string of the molecule is CCCCCC(=O)C(CCCN)C(=O)O. The Morgan fingerprint density at radius 2 is 1.93 bits per heavy atom. The van der Waals surface area contributed by atoms with Gasteiger partial charge in [-0.2, -0.15) is 0 Å². The molecule has 0 fully saturated rings. The molecule has 0 aromatic carbocycles. The topological polar surface area (TPSA) is 80.4 Å². The fourth-order valence-electron chi connectivity index (χ4n) is 1.47. The Kier molecular flexibility index (Phi) is 7.91. The molecule has 0 spiro atoms. The van der Waals surface area contributed by atoms with E-state index in [0.29, 0.717) is 25.8 Å². The molecule has 0 aromatic heterocycles. The second-order valence-electron chi connectivity index (χ2n) is 3.75. The smallest absolute Gasteiger partial charge is 0.314 e. The Balaban J connectivity index is 3.99. The molecule has 4 nitrogen and oxygen atoms in total. The van der Waals surface area contributed by atoms with Crippen LogP contribution >= 0.6 is 0 Å². The molecule has 0 saturated heterocycles. The van der Waals surface area contributed by atoms with Gasteiger partial charge in [0.1, 0.15) is 11.7 Å². The summed E-state index contributed by atoms with van der Waals surface area (Å²) in [7, 11) is 0. The lowest BCUT2D eigenvalue weighted by Gasteiger charge is -2.10. The monoisotopic (exact) mass is 215 g/mol. The number of carbonyl (C=O) groups is 2. The van der Waals surface area contributed by atoms with Gasteiger partial charge < -0.3 is 10.8 Å². The van der Waals surface area contributed by atoms with E-state index in [1.165, 1.54) is 0 Å². The number of carboxylic acid groups (broad SMARTS) is 1. The second-order valence-corrected chi connectivity index (χ2v) is 3.75. The Morgan fingerprint density at radius 3 is 2.40 bits per heavy atom. The van der Waals surface area contributed by atoms with Gasteiger partial charge in [-0.1, -0.05) is 19.8 Å². The lowest BCUT2D eigenvalue weighted by Crippen LogP contribution is -2.24. The zero-order chi connectivity index (χ0) is 11.7. The van der Waals surface area contributed by atoms with E-state index >= 15 is 0 Å². The minimum atomic E-state index is -1.01. The van der Waals surface area contributed by atoms with Crippen molar-refractivity contribution in [2.45, 2.75) is 45.4 Å². The summed E-state index contributed by atoms with van der Waals surface area (Å²) in [4.78, 5) is 22.4. The van der Waals surface area contributed by atoms with E-state index < -0.39 is 11.9 Å². The number of carbonyl (C=O) groups excluding carboxylic acids is 1. The van der Waals surface area contributed by atoms with Gasteiger partial charge in [0, 0.05) is 6.42 Å². The van der Waals surface area contributed by atoms with Crippen LogP contribution in [0.2, 0.25) is 0 Å². The van der Waals surface area contributed by atoms with Crippen LogP contribution in [0.25, 0.3) is 0 Å². The maximum Gasteiger partial charge on any atom is 0.314 e. The molecule has 1 atom stereocenters. The molecule has 0 aliphatic carbocycles. The summed E-state index contributed by atoms with van der Waals surface area (Å²) in [6.07, 6.45) is 4.16. The molecule has 88 valence electrons. The minimum Gasteiger partial charge on any atom is -0.481 e. The third-order valence-electron chi connectivity index (χ3n) is 2.41. The third-order valence-corrected chi connectivity index (χ3v) is 2.41. The maximum absolute atomic E-state index is 11.5. The molecule has 0 saturated carbocycles. The summed E-state index contributed by atoms with van der Waals surface area (Å²) in [6, 6.07) is 0. The van der Waals surface area contributed by atoms with Gasteiger partial charge in [-0.25, -0.2) is 0 Å². The molecule has 0 rings (SSSR count). The summed E-state index contributed by atoms with van der Waals surface area (Å²) in [6.45, 7) is 2.49. The van der Waals surface area contributed by atoms with Gasteiger partial charge in [0.05, 0.1) is 0 Å². The van der Waals surface area contributed by atoms with Crippen LogP contribution < -0.4 is 5.73 Å². The van der Waals surface area contributed by atoms with Gasteiger partial charge in [0.25, 0.3) is 0 Å². The highest BCUT2D eigenvalue weighted by Crippen LogP contribution is 2.12. The molecule has 4 heteroatoms. The van der Waals surface area contributed by atoms with Gasteiger partial charge in [-0.05, 0) is 25.8 Å². The van der Waals surface area contributed by atoms with Gasteiger partial charge >= 0.3 is 5.97 Å². The molecular formula is C11H21NO3. The van der Waals surface area contributed by atoms with Crippen molar-refractivity contribution in [2.24, 2.45) is 11.7 Å². The van der Waals surface area contributed by atoms with Gasteiger partial charge in [0.15, 0.2) is 0 Å². The Labute approximate surface area is 90.8 Å². The number of ketones is 1. The van der Waals surface area contributed by atoms with Crippen LogP contribution in [-0.2, 0) is 9.59 Å². The summed E-state index contributed by atoms with van der Waals surface area (Å²) in [5.41, 5.74) is 5.29. The number of hydrogen-bond acceptors (Lipinski definition) is 3. The molecule has 0 bridgehead atoms. The van der Waals surface area contributed by atoms with Gasteiger partial charge in [-0.3, -0.25) is 9.59 Å². The normalized spacial score (nSPS) is 12.4. The first-order valence-electron chi connectivity index (χ1n) is 5.59. The van der Waals surface area contributed by atoms with E-state index in [-0.39, 0.29) is 5.78 Å². The van der Waals surface area contributed by atoms with Crippen molar-refractivity contribution in [2.75, 3.05) is 6.54 Å².